The summed E-state index contributed by atoms with van der Waals surface area (Å²) in [6.07, 6.45) is 10.9. The fourth-order valence-electron chi connectivity index (χ4n) is 2.66. The second-order valence-corrected chi connectivity index (χ2v) is 4.81. The van der Waals surface area contributed by atoms with Crippen molar-refractivity contribution in [1.29, 1.82) is 5.26 Å². The first-order valence-electron chi connectivity index (χ1n) is 6.21. The van der Waals surface area contributed by atoms with E-state index >= 15 is 0 Å². The van der Waals surface area contributed by atoms with Crippen LogP contribution in [-0.4, -0.2) is 9.55 Å². The lowest BCUT2D eigenvalue weighted by molar-refractivity contribution is 0.337. The highest BCUT2D eigenvalue weighted by molar-refractivity contribution is 5.26. The molecule has 16 heavy (non-hydrogen) atoms. The zero-order valence-electron chi connectivity index (χ0n) is 9.95. The molecule has 3 heteroatoms. The van der Waals surface area contributed by atoms with Gasteiger partial charge in [-0.1, -0.05) is 32.1 Å². The maximum atomic E-state index is 8.94. The number of aryl methyl sites for hydroxylation is 1. The van der Waals surface area contributed by atoms with Crippen molar-refractivity contribution in [3.8, 4) is 6.07 Å². The Bertz CT molecular complexity index is 380. The Kier molecular flexibility index (Phi) is 3.61. The summed E-state index contributed by atoms with van der Waals surface area (Å²) in [5, 5.41) is 8.94. The van der Waals surface area contributed by atoms with E-state index in [2.05, 4.69) is 11.1 Å². The lowest BCUT2D eigenvalue weighted by atomic mass is 9.85. The Morgan fingerprint density at radius 2 is 2.19 bits per heavy atom. The fraction of sp³-hybridized carbons (Fsp3) is 0.692. The van der Waals surface area contributed by atoms with Crippen molar-refractivity contribution in [3.63, 3.8) is 0 Å². The van der Waals surface area contributed by atoms with Crippen LogP contribution >= 0.6 is 0 Å². The summed E-state index contributed by atoms with van der Waals surface area (Å²) in [5.41, 5.74) is 1.71. The van der Waals surface area contributed by atoms with Gasteiger partial charge in [0, 0.05) is 7.05 Å². The van der Waals surface area contributed by atoms with Gasteiger partial charge in [-0.05, 0) is 18.8 Å². The van der Waals surface area contributed by atoms with Crippen LogP contribution in [0.1, 0.15) is 49.9 Å². The van der Waals surface area contributed by atoms with E-state index in [-0.39, 0.29) is 0 Å². The summed E-state index contributed by atoms with van der Waals surface area (Å²) < 4.78 is 1.99. The molecule has 0 N–H and O–H groups in total. The normalized spacial score (nSPS) is 17.2. The lowest BCUT2D eigenvalue weighted by Crippen LogP contribution is -2.09. The molecule has 0 amide bonds. The highest BCUT2D eigenvalue weighted by Gasteiger charge is 2.15. The first kappa shape index (κ1) is 11.2. The molecule has 0 spiro atoms. The zero-order valence-corrected chi connectivity index (χ0v) is 9.95. The summed E-state index contributed by atoms with van der Waals surface area (Å²) in [7, 11) is 1.98. The summed E-state index contributed by atoms with van der Waals surface area (Å²) in [6, 6.07) is 2.17. The van der Waals surface area contributed by atoms with Gasteiger partial charge in [-0.25, -0.2) is 4.98 Å². The first-order chi connectivity index (χ1) is 7.81. The largest absolute Gasteiger partial charge is 0.336 e. The molecule has 0 unspecified atom stereocenters. The van der Waals surface area contributed by atoms with Gasteiger partial charge < -0.3 is 4.57 Å². The smallest absolute Gasteiger partial charge is 0.161 e. The summed E-state index contributed by atoms with van der Waals surface area (Å²) in [4.78, 5) is 4.10. The molecular weight excluding hydrogens is 198 g/mol. The third-order valence-corrected chi connectivity index (χ3v) is 3.68. The molecule has 1 saturated carbocycles. The van der Waals surface area contributed by atoms with Crippen molar-refractivity contribution in [1.82, 2.24) is 9.55 Å². The monoisotopic (exact) mass is 217 g/mol. The van der Waals surface area contributed by atoms with Crippen LogP contribution in [0, 0.1) is 17.2 Å². The first-order valence-corrected chi connectivity index (χ1v) is 6.21. The molecule has 0 aromatic carbocycles. The fourth-order valence-corrected chi connectivity index (χ4v) is 2.66. The van der Waals surface area contributed by atoms with Gasteiger partial charge in [0.1, 0.15) is 6.07 Å². The van der Waals surface area contributed by atoms with Crippen molar-refractivity contribution in [2.45, 2.75) is 44.9 Å². The standard InChI is InChI=1S/C13H19N3/c1-16-10-15-12(9-14)13(16)8-7-11-5-3-2-4-6-11/h10-11H,2-8H2,1H3. The lowest BCUT2D eigenvalue weighted by Gasteiger charge is -2.21. The Hall–Kier alpha value is -1.30. The maximum Gasteiger partial charge on any atom is 0.161 e. The van der Waals surface area contributed by atoms with Crippen molar-refractivity contribution in [2.24, 2.45) is 13.0 Å². The molecule has 1 aliphatic carbocycles. The Morgan fingerprint density at radius 3 is 2.88 bits per heavy atom. The molecule has 0 aliphatic heterocycles. The molecule has 1 aliphatic rings. The van der Waals surface area contributed by atoms with Crippen molar-refractivity contribution in [2.75, 3.05) is 0 Å². The number of nitriles is 1. The van der Waals surface area contributed by atoms with Crippen LogP contribution in [0.3, 0.4) is 0 Å². The molecule has 3 nitrogen and oxygen atoms in total. The highest BCUT2D eigenvalue weighted by Crippen LogP contribution is 2.27. The molecule has 0 bridgehead atoms. The second kappa shape index (κ2) is 5.16. The van der Waals surface area contributed by atoms with Crippen LogP contribution in [0.25, 0.3) is 0 Å². The van der Waals surface area contributed by atoms with Gasteiger partial charge in [0.15, 0.2) is 5.69 Å². The summed E-state index contributed by atoms with van der Waals surface area (Å²) >= 11 is 0. The minimum Gasteiger partial charge on any atom is -0.336 e. The van der Waals surface area contributed by atoms with Crippen LogP contribution in [-0.2, 0) is 13.5 Å². The Morgan fingerprint density at radius 1 is 1.44 bits per heavy atom. The third kappa shape index (κ3) is 2.44. The highest BCUT2D eigenvalue weighted by atomic mass is 15.0. The van der Waals surface area contributed by atoms with E-state index in [1.54, 1.807) is 6.33 Å². The van der Waals surface area contributed by atoms with Crippen LogP contribution in [0.5, 0.6) is 0 Å². The van der Waals surface area contributed by atoms with Gasteiger partial charge in [0.2, 0.25) is 0 Å². The molecule has 2 rings (SSSR count). The van der Waals surface area contributed by atoms with E-state index in [1.165, 1.54) is 38.5 Å². The predicted molar refractivity (Wildman–Crippen MR) is 62.8 cm³/mol. The predicted octanol–water partition coefficient (Wildman–Crippen LogP) is 2.80. The number of nitrogens with zero attached hydrogens (tertiary/aromatic N) is 3. The minimum absolute atomic E-state index is 0.610. The SMILES string of the molecule is Cn1cnc(C#N)c1CCC1CCCCC1. The van der Waals surface area contributed by atoms with Crippen LogP contribution in [0.15, 0.2) is 6.33 Å². The van der Waals surface area contributed by atoms with Gasteiger partial charge in [0.05, 0.1) is 12.0 Å². The van der Waals surface area contributed by atoms with E-state index in [0.717, 1.165) is 18.0 Å². The van der Waals surface area contributed by atoms with Gasteiger partial charge in [-0.3, -0.25) is 0 Å². The quantitative estimate of drug-likeness (QED) is 0.781. The van der Waals surface area contributed by atoms with Crippen molar-refractivity contribution < 1.29 is 0 Å². The van der Waals surface area contributed by atoms with Gasteiger partial charge in [0.25, 0.3) is 0 Å². The van der Waals surface area contributed by atoms with Crippen LogP contribution in [0.2, 0.25) is 0 Å². The van der Waals surface area contributed by atoms with E-state index in [1.807, 2.05) is 11.6 Å². The molecule has 1 heterocycles. The molecule has 0 radical (unpaired) electrons. The Labute approximate surface area is 97.1 Å². The van der Waals surface area contributed by atoms with Gasteiger partial charge in [-0.2, -0.15) is 5.26 Å². The summed E-state index contributed by atoms with van der Waals surface area (Å²) in [5.74, 6) is 0.871. The van der Waals surface area contributed by atoms with E-state index in [9.17, 15) is 0 Å². The molecule has 86 valence electrons. The van der Waals surface area contributed by atoms with Crippen molar-refractivity contribution in [3.05, 3.63) is 17.7 Å². The minimum atomic E-state index is 0.610. The van der Waals surface area contributed by atoms with E-state index in [4.69, 9.17) is 5.26 Å². The Balaban J connectivity index is 1.93. The van der Waals surface area contributed by atoms with E-state index in [0.29, 0.717) is 5.69 Å². The topological polar surface area (TPSA) is 41.6 Å². The number of imidazole rings is 1. The van der Waals surface area contributed by atoms with Gasteiger partial charge in [-0.15, -0.1) is 0 Å². The van der Waals surface area contributed by atoms with Crippen LogP contribution < -0.4 is 0 Å². The number of hydrogen-bond donors (Lipinski definition) is 0. The molecular formula is C13H19N3. The average Bonchev–Trinajstić information content (AvgIpc) is 2.69. The molecule has 1 aromatic rings. The van der Waals surface area contributed by atoms with Crippen LogP contribution in [0.4, 0.5) is 0 Å². The number of hydrogen-bond acceptors (Lipinski definition) is 2. The number of rotatable bonds is 3. The average molecular weight is 217 g/mol. The van der Waals surface area contributed by atoms with E-state index < -0.39 is 0 Å². The zero-order chi connectivity index (χ0) is 11.4. The molecule has 1 fully saturated rings. The second-order valence-electron chi connectivity index (χ2n) is 4.81. The molecule has 0 saturated heterocycles. The molecule has 1 aromatic heterocycles. The molecule has 0 atom stereocenters. The van der Waals surface area contributed by atoms with Gasteiger partial charge >= 0.3 is 0 Å². The number of aromatic nitrogens is 2. The van der Waals surface area contributed by atoms with Crippen molar-refractivity contribution >= 4 is 0 Å². The maximum absolute atomic E-state index is 8.94. The third-order valence-electron chi connectivity index (χ3n) is 3.68. The summed E-state index contributed by atoms with van der Waals surface area (Å²) in [6.45, 7) is 0.